The lowest BCUT2D eigenvalue weighted by molar-refractivity contribution is -0.139. The summed E-state index contributed by atoms with van der Waals surface area (Å²) in [6.45, 7) is 0.548. The largest absolute Gasteiger partial charge is 0.493 e. The second-order valence-corrected chi connectivity index (χ2v) is 8.93. The van der Waals surface area contributed by atoms with Gasteiger partial charge >= 0.3 is 5.97 Å². The molecule has 0 bridgehead atoms. The molecular weight excluding hydrogens is 366 g/mol. The van der Waals surface area contributed by atoms with Crippen LogP contribution in [0.4, 0.5) is 0 Å². The van der Waals surface area contributed by atoms with Crippen LogP contribution in [0.15, 0.2) is 34.5 Å². The quantitative estimate of drug-likeness (QED) is 0.815. The fourth-order valence-corrected chi connectivity index (χ4v) is 4.35. The SMILES string of the molecule is CS(=O)(=O)c1ccc(C(=O)NC(C(=O)O)c2ccc3c(c2)CCO3)s1. The average molecular weight is 381 g/mol. The monoisotopic (exact) mass is 381 g/mol. The minimum Gasteiger partial charge on any atom is -0.493 e. The Bertz CT molecular complexity index is 947. The Hall–Kier alpha value is -2.39. The number of ether oxygens (including phenoxy) is 1. The number of carbonyl (C=O) groups is 2. The fourth-order valence-electron chi connectivity index (χ4n) is 2.52. The predicted octanol–water partition coefficient (Wildman–Crippen LogP) is 1.64. The Morgan fingerprint density at radius 1 is 1.28 bits per heavy atom. The highest BCUT2D eigenvalue weighted by Crippen LogP contribution is 2.29. The van der Waals surface area contributed by atoms with Gasteiger partial charge in [0, 0.05) is 12.7 Å². The normalized spacial score (nSPS) is 14.4. The molecule has 1 aromatic carbocycles. The van der Waals surface area contributed by atoms with Gasteiger partial charge in [0.15, 0.2) is 15.9 Å². The number of rotatable bonds is 5. The maximum absolute atomic E-state index is 12.3. The number of nitrogens with one attached hydrogen (secondary N) is 1. The number of fused-ring (bicyclic) bond motifs is 1. The van der Waals surface area contributed by atoms with Crippen molar-refractivity contribution in [3.05, 3.63) is 46.3 Å². The molecule has 1 atom stereocenters. The molecule has 0 spiro atoms. The first-order chi connectivity index (χ1) is 11.8. The van der Waals surface area contributed by atoms with Crippen molar-refractivity contribution in [2.24, 2.45) is 0 Å². The maximum Gasteiger partial charge on any atom is 0.330 e. The Kier molecular flexibility index (Phi) is 4.53. The highest BCUT2D eigenvalue weighted by molar-refractivity contribution is 7.92. The lowest BCUT2D eigenvalue weighted by atomic mass is 10.0. The summed E-state index contributed by atoms with van der Waals surface area (Å²) in [5.74, 6) is -1.12. The molecule has 0 radical (unpaired) electrons. The van der Waals surface area contributed by atoms with Gasteiger partial charge in [-0.05, 0) is 35.4 Å². The Balaban J connectivity index is 1.84. The minimum atomic E-state index is -3.41. The molecule has 25 heavy (non-hydrogen) atoms. The van der Waals surface area contributed by atoms with E-state index < -0.39 is 27.8 Å². The van der Waals surface area contributed by atoms with Gasteiger partial charge in [0.2, 0.25) is 0 Å². The molecule has 1 amide bonds. The molecule has 0 saturated carbocycles. The zero-order chi connectivity index (χ0) is 18.2. The van der Waals surface area contributed by atoms with Gasteiger partial charge in [-0.1, -0.05) is 6.07 Å². The summed E-state index contributed by atoms with van der Waals surface area (Å²) in [6.07, 6.45) is 1.74. The van der Waals surface area contributed by atoms with Crippen molar-refractivity contribution in [1.82, 2.24) is 5.32 Å². The van der Waals surface area contributed by atoms with Crippen molar-refractivity contribution in [1.29, 1.82) is 0 Å². The fraction of sp³-hybridized carbons (Fsp3) is 0.250. The van der Waals surface area contributed by atoms with Crippen LogP contribution in [0.25, 0.3) is 0 Å². The molecule has 1 aromatic heterocycles. The lowest BCUT2D eigenvalue weighted by Gasteiger charge is -2.15. The number of carbonyl (C=O) groups excluding carboxylic acids is 1. The van der Waals surface area contributed by atoms with Gasteiger partial charge in [0.25, 0.3) is 5.91 Å². The van der Waals surface area contributed by atoms with E-state index in [2.05, 4.69) is 5.32 Å². The van der Waals surface area contributed by atoms with Crippen LogP contribution in [0.1, 0.15) is 26.8 Å². The van der Waals surface area contributed by atoms with Crippen molar-refractivity contribution in [3.63, 3.8) is 0 Å². The standard InChI is InChI=1S/C16H15NO6S2/c1-25(21,22)13-5-4-12(24-13)15(18)17-14(16(19)20)10-2-3-11-9(8-10)6-7-23-11/h2-5,8,14H,6-7H2,1H3,(H,17,18)(H,19,20). The van der Waals surface area contributed by atoms with Gasteiger partial charge in [-0.3, -0.25) is 4.79 Å². The van der Waals surface area contributed by atoms with E-state index in [1.165, 1.54) is 12.1 Å². The summed E-state index contributed by atoms with van der Waals surface area (Å²) in [5, 5.41) is 11.9. The highest BCUT2D eigenvalue weighted by atomic mass is 32.2. The predicted molar refractivity (Wildman–Crippen MR) is 90.9 cm³/mol. The maximum atomic E-state index is 12.3. The third-order valence-corrected chi connectivity index (χ3v) is 6.64. The first-order valence-corrected chi connectivity index (χ1v) is 10.1. The van der Waals surface area contributed by atoms with Gasteiger partial charge in [-0.2, -0.15) is 0 Å². The Morgan fingerprint density at radius 3 is 2.68 bits per heavy atom. The van der Waals surface area contributed by atoms with Crippen LogP contribution < -0.4 is 10.1 Å². The summed E-state index contributed by atoms with van der Waals surface area (Å²) in [6, 6.07) is 6.45. The van der Waals surface area contributed by atoms with E-state index in [4.69, 9.17) is 4.74 Å². The second-order valence-electron chi connectivity index (χ2n) is 5.60. The summed E-state index contributed by atoms with van der Waals surface area (Å²) in [7, 11) is -3.41. The number of benzene rings is 1. The molecule has 9 heteroatoms. The van der Waals surface area contributed by atoms with E-state index in [0.717, 1.165) is 28.9 Å². The number of thiophene rings is 1. The van der Waals surface area contributed by atoms with Crippen LogP contribution in [0.5, 0.6) is 5.75 Å². The number of carboxylic acids is 1. The Morgan fingerprint density at radius 2 is 2.04 bits per heavy atom. The van der Waals surface area contributed by atoms with Crippen molar-refractivity contribution >= 4 is 33.1 Å². The molecule has 1 unspecified atom stereocenters. The van der Waals surface area contributed by atoms with Gasteiger partial charge in [-0.15, -0.1) is 11.3 Å². The summed E-state index contributed by atoms with van der Waals surface area (Å²) >= 11 is 0.804. The zero-order valence-corrected chi connectivity index (χ0v) is 14.8. The lowest BCUT2D eigenvalue weighted by Crippen LogP contribution is -2.33. The van der Waals surface area contributed by atoms with Crippen LogP contribution >= 0.6 is 11.3 Å². The molecule has 2 heterocycles. The van der Waals surface area contributed by atoms with Gasteiger partial charge < -0.3 is 15.2 Å². The first-order valence-electron chi connectivity index (χ1n) is 7.35. The van der Waals surface area contributed by atoms with E-state index in [-0.39, 0.29) is 9.09 Å². The van der Waals surface area contributed by atoms with Gasteiger partial charge in [0.05, 0.1) is 11.5 Å². The minimum absolute atomic E-state index is 0.0548. The second kappa shape index (κ2) is 6.49. The summed E-state index contributed by atoms with van der Waals surface area (Å²) in [4.78, 5) is 24.1. The molecule has 3 rings (SSSR count). The molecule has 1 aliphatic rings. The number of hydrogen-bond acceptors (Lipinski definition) is 6. The topological polar surface area (TPSA) is 110 Å². The number of amides is 1. The molecule has 132 valence electrons. The molecular formula is C16H15NO6S2. The van der Waals surface area contributed by atoms with Crippen molar-refractivity contribution in [2.75, 3.05) is 12.9 Å². The van der Waals surface area contributed by atoms with Crippen LogP contribution in [-0.2, 0) is 21.1 Å². The highest BCUT2D eigenvalue weighted by Gasteiger charge is 2.26. The number of sulfone groups is 1. The smallest absolute Gasteiger partial charge is 0.330 e. The molecule has 0 saturated heterocycles. The van der Waals surface area contributed by atoms with Crippen molar-refractivity contribution < 1.29 is 27.9 Å². The summed E-state index contributed by atoms with van der Waals surface area (Å²) < 4.78 is 28.4. The molecule has 0 fully saturated rings. The van der Waals surface area contributed by atoms with Gasteiger partial charge in [-0.25, -0.2) is 13.2 Å². The molecule has 2 N–H and O–H groups in total. The van der Waals surface area contributed by atoms with Gasteiger partial charge in [0.1, 0.15) is 9.96 Å². The van der Waals surface area contributed by atoms with Crippen LogP contribution in [-0.4, -0.2) is 38.3 Å². The van der Waals surface area contributed by atoms with Crippen LogP contribution in [0.3, 0.4) is 0 Å². The van der Waals surface area contributed by atoms with E-state index in [1.807, 2.05) is 0 Å². The zero-order valence-electron chi connectivity index (χ0n) is 13.2. The van der Waals surface area contributed by atoms with E-state index >= 15 is 0 Å². The third-order valence-electron chi connectivity index (χ3n) is 3.74. The van der Waals surface area contributed by atoms with Crippen molar-refractivity contribution in [2.45, 2.75) is 16.7 Å². The van der Waals surface area contributed by atoms with Crippen LogP contribution in [0.2, 0.25) is 0 Å². The number of carboxylic acid groups (broad SMARTS) is 1. The number of hydrogen-bond donors (Lipinski definition) is 2. The van der Waals surface area contributed by atoms with E-state index in [0.29, 0.717) is 18.6 Å². The first kappa shape index (κ1) is 17.4. The summed E-state index contributed by atoms with van der Waals surface area (Å²) in [5.41, 5.74) is 1.33. The molecule has 2 aromatic rings. The van der Waals surface area contributed by atoms with E-state index in [1.54, 1.807) is 18.2 Å². The van der Waals surface area contributed by atoms with Crippen LogP contribution in [0, 0.1) is 0 Å². The third kappa shape index (κ3) is 3.67. The number of aliphatic carboxylic acids is 1. The average Bonchev–Trinajstić information content (AvgIpc) is 3.19. The molecule has 1 aliphatic heterocycles. The van der Waals surface area contributed by atoms with E-state index in [9.17, 15) is 23.1 Å². The Labute approximate surface area is 148 Å². The van der Waals surface area contributed by atoms with Crippen molar-refractivity contribution in [3.8, 4) is 5.75 Å². The molecule has 0 aliphatic carbocycles. The molecule has 7 nitrogen and oxygen atoms in total.